The molecule has 2 heteroatoms. The number of nitrogens with one attached hydrogen (secondary N) is 1. The lowest BCUT2D eigenvalue weighted by molar-refractivity contribution is 0.732. The van der Waals surface area contributed by atoms with Crippen molar-refractivity contribution in [3.8, 4) is 0 Å². The van der Waals surface area contributed by atoms with Crippen LogP contribution in [0.5, 0.6) is 0 Å². The van der Waals surface area contributed by atoms with Crippen LogP contribution in [0.2, 0.25) is 0 Å². The zero-order valence-electron chi connectivity index (χ0n) is 12.6. The van der Waals surface area contributed by atoms with E-state index >= 15 is 0 Å². The first-order valence-electron chi connectivity index (χ1n) is 7.28. The molecule has 3 N–H and O–H groups in total. The van der Waals surface area contributed by atoms with Crippen molar-refractivity contribution in [3.63, 3.8) is 0 Å². The Labute approximate surface area is 122 Å². The first-order chi connectivity index (χ1) is 9.65. The zero-order valence-corrected chi connectivity index (χ0v) is 12.6. The van der Waals surface area contributed by atoms with Gasteiger partial charge in [-0.05, 0) is 41.2 Å². The molecule has 2 rings (SSSR count). The van der Waals surface area contributed by atoms with Crippen molar-refractivity contribution in [2.75, 3.05) is 12.4 Å². The van der Waals surface area contributed by atoms with Crippen molar-refractivity contribution in [1.29, 1.82) is 0 Å². The molecule has 0 bridgehead atoms. The van der Waals surface area contributed by atoms with Crippen LogP contribution < -0.4 is 11.1 Å². The zero-order chi connectivity index (χ0) is 14.5. The molecule has 0 aliphatic carbocycles. The summed E-state index contributed by atoms with van der Waals surface area (Å²) in [5, 5.41) is 3.12. The summed E-state index contributed by atoms with van der Waals surface area (Å²) in [5.74, 6) is 0.607. The third kappa shape index (κ3) is 3.20. The van der Waals surface area contributed by atoms with Crippen molar-refractivity contribution in [2.24, 2.45) is 5.73 Å². The topological polar surface area (TPSA) is 38.0 Å². The van der Waals surface area contributed by atoms with Gasteiger partial charge >= 0.3 is 0 Å². The Morgan fingerprint density at radius 3 is 1.80 bits per heavy atom. The van der Waals surface area contributed by atoms with E-state index in [1.807, 2.05) is 7.05 Å². The maximum Gasteiger partial charge on any atom is 0.0551 e. The van der Waals surface area contributed by atoms with Gasteiger partial charge in [-0.15, -0.1) is 0 Å². The molecule has 2 nitrogen and oxygen atoms in total. The van der Waals surface area contributed by atoms with Gasteiger partial charge in [0.15, 0.2) is 0 Å². The van der Waals surface area contributed by atoms with E-state index in [2.05, 4.69) is 67.7 Å². The minimum atomic E-state index is -0.0631. The Hall–Kier alpha value is -1.80. The van der Waals surface area contributed by atoms with Crippen LogP contribution in [0.1, 0.15) is 48.9 Å². The lowest BCUT2D eigenvalue weighted by Gasteiger charge is -2.15. The van der Waals surface area contributed by atoms with E-state index < -0.39 is 0 Å². The lowest BCUT2D eigenvalue weighted by Crippen LogP contribution is -2.11. The monoisotopic (exact) mass is 268 g/mol. The molecule has 20 heavy (non-hydrogen) atoms. The predicted octanol–water partition coefficient (Wildman–Crippen LogP) is 4.29. The molecule has 0 aromatic heterocycles. The minimum Gasteiger partial charge on any atom is -0.388 e. The van der Waals surface area contributed by atoms with Crippen LogP contribution in [-0.2, 0) is 0 Å². The van der Waals surface area contributed by atoms with Crippen LogP contribution in [0.15, 0.2) is 48.5 Å². The summed E-state index contributed by atoms with van der Waals surface area (Å²) in [6.07, 6.45) is 1.16. The van der Waals surface area contributed by atoms with Gasteiger partial charge in [-0.25, -0.2) is 0 Å². The molecule has 0 saturated carbocycles. The molecule has 0 amide bonds. The average molecular weight is 268 g/mol. The first kappa shape index (κ1) is 14.6. The maximum absolute atomic E-state index is 6.35. The van der Waals surface area contributed by atoms with E-state index in [0.29, 0.717) is 5.92 Å². The second kappa shape index (κ2) is 6.58. The van der Waals surface area contributed by atoms with E-state index in [9.17, 15) is 0 Å². The van der Waals surface area contributed by atoms with Gasteiger partial charge in [0.1, 0.15) is 0 Å². The number of anilines is 1. The summed E-state index contributed by atoms with van der Waals surface area (Å²) in [5.41, 5.74) is 11.1. The molecule has 0 heterocycles. The van der Waals surface area contributed by atoms with Crippen LogP contribution in [0.25, 0.3) is 0 Å². The van der Waals surface area contributed by atoms with E-state index in [0.717, 1.165) is 23.2 Å². The SMILES string of the molecule is CCC(C)c1ccc(C(N)c2ccc(NC)cc2)cc1. The van der Waals surface area contributed by atoms with Gasteiger partial charge in [0.2, 0.25) is 0 Å². The van der Waals surface area contributed by atoms with E-state index in [1.54, 1.807) is 0 Å². The predicted molar refractivity (Wildman–Crippen MR) is 87.2 cm³/mol. The fraction of sp³-hybridized carbons (Fsp3) is 0.333. The van der Waals surface area contributed by atoms with Crippen LogP contribution in [0.4, 0.5) is 5.69 Å². The van der Waals surface area contributed by atoms with Gasteiger partial charge in [0.05, 0.1) is 6.04 Å². The molecule has 2 aromatic rings. The van der Waals surface area contributed by atoms with Crippen LogP contribution in [0, 0.1) is 0 Å². The molecule has 0 saturated heterocycles. The Morgan fingerprint density at radius 2 is 1.35 bits per heavy atom. The van der Waals surface area contributed by atoms with Crippen LogP contribution in [0.3, 0.4) is 0 Å². The fourth-order valence-corrected chi connectivity index (χ4v) is 2.32. The van der Waals surface area contributed by atoms with Crippen LogP contribution in [-0.4, -0.2) is 7.05 Å². The van der Waals surface area contributed by atoms with Gasteiger partial charge in [-0.2, -0.15) is 0 Å². The van der Waals surface area contributed by atoms with Gasteiger partial charge in [-0.1, -0.05) is 50.2 Å². The van der Waals surface area contributed by atoms with Gasteiger partial charge in [0, 0.05) is 12.7 Å². The molecule has 2 atom stereocenters. The lowest BCUT2D eigenvalue weighted by atomic mass is 9.94. The number of benzene rings is 2. The molecule has 0 spiro atoms. The quantitative estimate of drug-likeness (QED) is 0.849. The second-order valence-electron chi connectivity index (χ2n) is 5.33. The minimum absolute atomic E-state index is 0.0631. The summed E-state index contributed by atoms with van der Waals surface area (Å²) >= 11 is 0. The number of nitrogens with two attached hydrogens (primary N) is 1. The van der Waals surface area contributed by atoms with Crippen LogP contribution >= 0.6 is 0 Å². The highest BCUT2D eigenvalue weighted by atomic mass is 14.8. The molecular formula is C18H24N2. The van der Waals surface area contributed by atoms with Gasteiger partial charge < -0.3 is 11.1 Å². The smallest absolute Gasteiger partial charge is 0.0551 e. The molecule has 2 unspecified atom stereocenters. The summed E-state index contributed by atoms with van der Waals surface area (Å²) in [6, 6.07) is 16.9. The summed E-state index contributed by atoms with van der Waals surface area (Å²) < 4.78 is 0. The fourth-order valence-electron chi connectivity index (χ4n) is 2.32. The molecule has 0 radical (unpaired) electrons. The Balaban J connectivity index is 2.17. The number of hydrogen-bond acceptors (Lipinski definition) is 2. The third-order valence-corrected chi connectivity index (χ3v) is 4.04. The Kier molecular flexibility index (Phi) is 4.80. The van der Waals surface area contributed by atoms with Crippen molar-refractivity contribution < 1.29 is 0 Å². The summed E-state index contributed by atoms with van der Waals surface area (Å²) in [4.78, 5) is 0. The largest absolute Gasteiger partial charge is 0.388 e. The molecule has 0 fully saturated rings. The molecule has 106 valence electrons. The van der Waals surface area contributed by atoms with E-state index in [4.69, 9.17) is 5.73 Å². The molecule has 0 aliphatic heterocycles. The second-order valence-corrected chi connectivity index (χ2v) is 5.33. The maximum atomic E-state index is 6.35. The standard InChI is InChI=1S/C18H24N2/c1-4-13(2)14-5-7-15(8-6-14)18(19)16-9-11-17(20-3)12-10-16/h5-13,18,20H,4,19H2,1-3H3. The molecule has 2 aromatic carbocycles. The van der Waals surface area contributed by atoms with E-state index in [-0.39, 0.29) is 6.04 Å². The third-order valence-electron chi connectivity index (χ3n) is 4.04. The highest BCUT2D eigenvalue weighted by Gasteiger charge is 2.10. The first-order valence-corrected chi connectivity index (χ1v) is 7.28. The van der Waals surface area contributed by atoms with Crippen molar-refractivity contribution in [1.82, 2.24) is 0 Å². The Bertz CT molecular complexity index is 528. The number of hydrogen-bond donors (Lipinski definition) is 2. The normalized spacial score (nSPS) is 13.8. The molecular weight excluding hydrogens is 244 g/mol. The number of rotatable bonds is 5. The van der Waals surface area contributed by atoms with Gasteiger partial charge in [-0.3, -0.25) is 0 Å². The highest BCUT2D eigenvalue weighted by molar-refractivity contribution is 5.46. The average Bonchev–Trinajstić information content (AvgIpc) is 2.53. The van der Waals surface area contributed by atoms with Gasteiger partial charge in [0.25, 0.3) is 0 Å². The highest BCUT2D eigenvalue weighted by Crippen LogP contribution is 2.24. The molecule has 0 aliphatic rings. The van der Waals surface area contributed by atoms with Crippen molar-refractivity contribution in [2.45, 2.75) is 32.2 Å². The summed E-state index contributed by atoms with van der Waals surface area (Å²) in [6.45, 7) is 4.47. The van der Waals surface area contributed by atoms with E-state index in [1.165, 1.54) is 5.56 Å². The Morgan fingerprint density at radius 1 is 0.900 bits per heavy atom. The summed E-state index contributed by atoms with van der Waals surface area (Å²) in [7, 11) is 1.92. The van der Waals surface area contributed by atoms with Crippen molar-refractivity contribution >= 4 is 5.69 Å². The van der Waals surface area contributed by atoms with Crippen molar-refractivity contribution in [3.05, 3.63) is 65.2 Å².